The van der Waals surface area contributed by atoms with E-state index in [1.165, 1.54) is 11.4 Å². The van der Waals surface area contributed by atoms with Crippen molar-refractivity contribution in [2.45, 2.75) is 38.1 Å². The number of urea groups is 1. The summed E-state index contributed by atoms with van der Waals surface area (Å²) in [6.07, 6.45) is 0.596. The molecule has 140 valence electrons. The number of methoxy groups -OCH3 is 1. The Morgan fingerprint density at radius 3 is 2.56 bits per heavy atom. The number of hydrogen-bond acceptors (Lipinski definition) is 4. The third-order valence-electron chi connectivity index (χ3n) is 4.09. The summed E-state index contributed by atoms with van der Waals surface area (Å²) >= 11 is 0. The summed E-state index contributed by atoms with van der Waals surface area (Å²) in [5.74, 6) is 0.337. The van der Waals surface area contributed by atoms with E-state index in [1.807, 2.05) is 26.8 Å². The minimum absolute atomic E-state index is 0.0483. The van der Waals surface area contributed by atoms with E-state index in [0.29, 0.717) is 31.8 Å². The molecule has 0 aromatic heterocycles. The largest absolute Gasteiger partial charge is 0.495 e. The number of nitrogens with one attached hydrogen (secondary N) is 1. The highest BCUT2D eigenvalue weighted by molar-refractivity contribution is 7.89. The van der Waals surface area contributed by atoms with Gasteiger partial charge in [0, 0.05) is 32.2 Å². The Morgan fingerprint density at radius 1 is 1.20 bits per heavy atom. The summed E-state index contributed by atoms with van der Waals surface area (Å²) in [7, 11) is -2.21. The van der Waals surface area contributed by atoms with Gasteiger partial charge in [0.05, 0.1) is 7.11 Å². The molecule has 0 unspecified atom stereocenters. The van der Waals surface area contributed by atoms with Crippen LogP contribution in [0.5, 0.6) is 5.75 Å². The monoisotopic (exact) mass is 369 g/mol. The van der Waals surface area contributed by atoms with E-state index < -0.39 is 10.0 Å². The highest BCUT2D eigenvalue weighted by Gasteiger charge is 2.30. The van der Waals surface area contributed by atoms with Crippen LogP contribution in [0, 0.1) is 6.92 Å². The first-order valence-corrected chi connectivity index (χ1v) is 9.90. The van der Waals surface area contributed by atoms with E-state index in [9.17, 15) is 13.2 Å². The Morgan fingerprint density at radius 2 is 1.92 bits per heavy atom. The van der Waals surface area contributed by atoms with Crippen LogP contribution in [-0.4, -0.2) is 63.0 Å². The molecular formula is C17H27N3O4S. The number of benzene rings is 1. The van der Waals surface area contributed by atoms with E-state index in [0.717, 1.165) is 5.56 Å². The second-order valence-corrected chi connectivity index (χ2v) is 8.41. The maximum absolute atomic E-state index is 13.1. The summed E-state index contributed by atoms with van der Waals surface area (Å²) in [4.78, 5) is 14.0. The number of aryl methyl sites for hydroxylation is 1. The number of sulfonamides is 1. The lowest BCUT2D eigenvalue weighted by Crippen LogP contribution is -2.44. The Bertz CT molecular complexity index is 719. The van der Waals surface area contributed by atoms with Crippen molar-refractivity contribution in [2.24, 2.45) is 0 Å². The zero-order chi connectivity index (χ0) is 18.6. The summed E-state index contributed by atoms with van der Waals surface area (Å²) in [6.45, 7) is 7.20. The van der Waals surface area contributed by atoms with E-state index >= 15 is 0 Å². The third kappa shape index (κ3) is 4.64. The standard InChI is InChI=1S/C17H27N3O4S/c1-13(2)18-17(21)19-8-5-9-20(11-10-19)25(22,23)16-12-14(3)6-7-15(16)24-4/h6-7,12-13H,5,8-11H2,1-4H3,(H,18,21). The van der Waals surface area contributed by atoms with Crippen LogP contribution in [0.1, 0.15) is 25.8 Å². The quantitative estimate of drug-likeness (QED) is 0.878. The summed E-state index contributed by atoms with van der Waals surface area (Å²) < 4.78 is 32.8. The fourth-order valence-electron chi connectivity index (χ4n) is 2.80. The van der Waals surface area contributed by atoms with Crippen LogP contribution in [0.4, 0.5) is 4.79 Å². The van der Waals surface area contributed by atoms with Crippen molar-refractivity contribution in [3.63, 3.8) is 0 Å². The lowest BCUT2D eigenvalue weighted by atomic mass is 10.2. The lowest BCUT2D eigenvalue weighted by Gasteiger charge is -2.23. The summed E-state index contributed by atoms with van der Waals surface area (Å²) in [5.41, 5.74) is 0.854. The third-order valence-corrected chi connectivity index (χ3v) is 6.01. The molecule has 2 amide bonds. The molecule has 1 aromatic rings. The van der Waals surface area contributed by atoms with Gasteiger partial charge in [0.25, 0.3) is 0 Å². The first-order chi connectivity index (χ1) is 11.8. The Balaban J connectivity index is 2.19. The molecule has 1 aromatic carbocycles. The van der Waals surface area contributed by atoms with Gasteiger partial charge in [0.1, 0.15) is 10.6 Å². The fraction of sp³-hybridized carbons (Fsp3) is 0.588. The molecule has 0 radical (unpaired) electrons. The number of ether oxygens (including phenoxy) is 1. The molecule has 2 rings (SSSR count). The van der Waals surface area contributed by atoms with Gasteiger partial charge in [-0.15, -0.1) is 0 Å². The second-order valence-electron chi connectivity index (χ2n) is 6.50. The number of nitrogens with zero attached hydrogens (tertiary/aromatic N) is 2. The topological polar surface area (TPSA) is 79.0 Å². The number of amides is 2. The highest BCUT2D eigenvalue weighted by atomic mass is 32.2. The SMILES string of the molecule is COc1ccc(C)cc1S(=O)(=O)N1CCCN(C(=O)NC(C)C)CC1. The molecule has 7 nitrogen and oxygen atoms in total. The molecule has 0 bridgehead atoms. The van der Waals surface area contributed by atoms with E-state index in [2.05, 4.69) is 5.32 Å². The van der Waals surface area contributed by atoms with Crippen molar-refractivity contribution in [3.8, 4) is 5.75 Å². The Kier molecular flexibility index (Phi) is 6.29. The molecule has 0 aliphatic carbocycles. The zero-order valence-electron chi connectivity index (χ0n) is 15.3. The average Bonchev–Trinajstić information content (AvgIpc) is 2.80. The molecule has 1 saturated heterocycles. The number of rotatable bonds is 4. The maximum Gasteiger partial charge on any atom is 0.317 e. The zero-order valence-corrected chi connectivity index (χ0v) is 16.1. The molecular weight excluding hydrogens is 342 g/mol. The van der Waals surface area contributed by atoms with Gasteiger partial charge in [0.15, 0.2) is 0 Å². The predicted octanol–water partition coefficient (Wildman–Crippen LogP) is 1.82. The van der Waals surface area contributed by atoms with Crippen LogP contribution in [0.25, 0.3) is 0 Å². The van der Waals surface area contributed by atoms with E-state index in [1.54, 1.807) is 17.0 Å². The van der Waals surface area contributed by atoms with Crippen molar-refractivity contribution in [3.05, 3.63) is 23.8 Å². The average molecular weight is 369 g/mol. The Hall–Kier alpha value is -1.80. The summed E-state index contributed by atoms with van der Waals surface area (Å²) in [6, 6.07) is 5.01. The fourth-order valence-corrected chi connectivity index (χ4v) is 4.51. The highest BCUT2D eigenvalue weighted by Crippen LogP contribution is 2.28. The van der Waals surface area contributed by atoms with Gasteiger partial charge in [-0.25, -0.2) is 13.2 Å². The minimum atomic E-state index is -3.67. The molecule has 1 heterocycles. The van der Waals surface area contributed by atoms with Crippen LogP contribution >= 0.6 is 0 Å². The molecule has 1 aliphatic heterocycles. The lowest BCUT2D eigenvalue weighted by molar-refractivity contribution is 0.198. The van der Waals surface area contributed by atoms with Gasteiger partial charge in [-0.2, -0.15) is 4.31 Å². The van der Waals surface area contributed by atoms with Crippen LogP contribution < -0.4 is 10.1 Å². The van der Waals surface area contributed by atoms with Crippen LogP contribution in [0.15, 0.2) is 23.1 Å². The van der Waals surface area contributed by atoms with Gasteiger partial charge in [-0.3, -0.25) is 0 Å². The normalized spacial score (nSPS) is 16.6. The molecule has 25 heavy (non-hydrogen) atoms. The van der Waals surface area contributed by atoms with E-state index in [-0.39, 0.29) is 23.5 Å². The number of hydrogen-bond donors (Lipinski definition) is 1. The van der Waals surface area contributed by atoms with Gasteiger partial charge in [-0.1, -0.05) is 6.07 Å². The molecule has 0 atom stereocenters. The van der Waals surface area contributed by atoms with Gasteiger partial charge >= 0.3 is 6.03 Å². The predicted molar refractivity (Wildman–Crippen MR) is 96.3 cm³/mol. The van der Waals surface area contributed by atoms with Gasteiger partial charge < -0.3 is 15.0 Å². The van der Waals surface area contributed by atoms with Crippen molar-refractivity contribution < 1.29 is 17.9 Å². The second kappa shape index (κ2) is 8.05. The first kappa shape index (κ1) is 19.5. The molecule has 1 aliphatic rings. The maximum atomic E-state index is 13.1. The molecule has 8 heteroatoms. The smallest absolute Gasteiger partial charge is 0.317 e. The minimum Gasteiger partial charge on any atom is -0.495 e. The number of carbonyl (C=O) groups is 1. The Labute approximate surface area is 150 Å². The van der Waals surface area contributed by atoms with Gasteiger partial charge in [-0.05, 0) is 44.9 Å². The van der Waals surface area contributed by atoms with Crippen molar-refractivity contribution in [2.75, 3.05) is 33.3 Å². The van der Waals surface area contributed by atoms with Crippen LogP contribution in [0.2, 0.25) is 0 Å². The van der Waals surface area contributed by atoms with Crippen molar-refractivity contribution in [1.82, 2.24) is 14.5 Å². The first-order valence-electron chi connectivity index (χ1n) is 8.46. The molecule has 0 spiro atoms. The van der Waals surface area contributed by atoms with Crippen molar-refractivity contribution >= 4 is 16.1 Å². The molecule has 1 fully saturated rings. The van der Waals surface area contributed by atoms with Crippen molar-refractivity contribution in [1.29, 1.82) is 0 Å². The molecule has 0 saturated carbocycles. The van der Waals surface area contributed by atoms with E-state index in [4.69, 9.17) is 4.74 Å². The van der Waals surface area contributed by atoms with Crippen LogP contribution in [-0.2, 0) is 10.0 Å². The number of carbonyl (C=O) groups excluding carboxylic acids is 1. The van der Waals surface area contributed by atoms with Crippen LogP contribution in [0.3, 0.4) is 0 Å². The summed E-state index contributed by atoms with van der Waals surface area (Å²) in [5, 5.41) is 2.85. The van der Waals surface area contributed by atoms with Gasteiger partial charge in [0.2, 0.25) is 10.0 Å². The molecule has 1 N–H and O–H groups in total.